The summed E-state index contributed by atoms with van der Waals surface area (Å²) in [6.07, 6.45) is 4.86. The Morgan fingerprint density at radius 2 is 1.97 bits per heavy atom. The Balaban J connectivity index is 1.53. The van der Waals surface area contributed by atoms with Crippen LogP contribution in [0.5, 0.6) is 0 Å². The van der Waals surface area contributed by atoms with E-state index in [1.54, 1.807) is 35.9 Å². The van der Waals surface area contributed by atoms with E-state index < -0.39 is 0 Å². The molecule has 6 aromatic rings. The summed E-state index contributed by atoms with van der Waals surface area (Å²) < 4.78 is 14.8. The largest absolute Gasteiger partial charge is 0.397 e. The van der Waals surface area contributed by atoms with Gasteiger partial charge in [0.15, 0.2) is 11.5 Å². The summed E-state index contributed by atoms with van der Waals surface area (Å²) in [4.78, 5) is 18.9. The molecular formula is C23H16FN7S. The molecule has 0 unspecified atom stereocenters. The zero-order chi connectivity index (χ0) is 21.8. The van der Waals surface area contributed by atoms with E-state index in [1.807, 2.05) is 6.07 Å². The minimum Gasteiger partial charge on any atom is -0.397 e. The molecule has 32 heavy (non-hydrogen) atoms. The number of aryl methyl sites for hydroxylation is 1. The zero-order valence-corrected chi connectivity index (χ0v) is 17.7. The summed E-state index contributed by atoms with van der Waals surface area (Å²) in [5.74, 6) is 0.171. The molecule has 0 aliphatic heterocycles. The molecule has 9 heteroatoms. The third kappa shape index (κ3) is 2.94. The third-order valence-electron chi connectivity index (χ3n) is 5.34. The van der Waals surface area contributed by atoms with Gasteiger partial charge in [-0.15, -0.1) is 11.3 Å². The van der Waals surface area contributed by atoms with E-state index in [9.17, 15) is 4.39 Å². The number of anilines is 1. The number of H-pyrrole nitrogens is 2. The van der Waals surface area contributed by atoms with Gasteiger partial charge in [0.25, 0.3) is 0 Å². The number of nitrogens with zero attached hydrogens (tertiary/aromatic N) is 4. The van der Waals surface area contributed by atoms with Crippen molar-refractivity contribution >= 4 is 39.1 Å². The average Bonchev–Trinajstić information content (AvgIpc) is 3.50. The van der Waals surface area contributed by atoms with Crippen LogP contribution in [0.4, 0.5) is 10.1 Å². The zero-order valence-electron chi connectivity index (χ0n) is 16.8. The molecule has 7 nitrogen and oxygen atoms in total. The minimum absolute atomic E-state index is 0.387. The number of nitrogen functional groups attached to an aromatic ring is 1. The number of benzene rings is 1. The van der Waals surface area contributed by atoms with E-state index in [2.05, 4.69) is 49.2 Å². The lowest BCUT2D eigenvalue weighted by Crippen LogP contribution is -1.90. The Hall–Kier alpha value is -4.11. The van der Waals surface area contributed by atoms with Crippen molar-refractivity contribution < 1.29 is 4.39 Å². The molecule has 5 aromatic heterocycles. The standard InChI is InChI=1S/C23H16FN7S/c1-11-2-3-19(32-11)14-4-5-27-22-20(14)28-23(29-22)21-16-7-15(12-6-13(25)10-26-9-12)17(24)8-18(16)30-31-21/h2-10H,25H2,1H3,(H,30,31)(H,27,28,29). The van der Waals surface area contributed by atoms with E-state index in [0.29, 0.717) is 39.5 Å². The number of thiophene rings is 1. The predicted molar refractivity (Wildman–Crippen MR) is 125 cm³/mol. The van der Waals surface area contributed by atoms with E-state index in [1.165, 1.54) is 17.1 Å². The maximum Gasteiger partial charge on any atom is 0.178 e. The Morgan fingerprint density at radius 1 is 1.06 bits per heavy atom. The Bertz CT molecular complexity index is 1630. The number of halogens is 1. The van der Waals surface area contributed by atoms with Crippen molar-refractivity contribution in [2.24, 2.45) is 0 Å². The molecule has 6 rings (SSSR count). The highest BCUT2D eigenvalue weighted by atomic mass is 32.1. The normalized spacial score (nSPS) is 11.6. The molecule has 0 aliphatic rings. The molecule has 4 N–H and O–H groups in total. The first-order valence-corrected chi connectivity index (χ1v) is 10.7. The van der Waals surface area contributed by atoms with Crippen LogP contribution in [0.2, 0.25) is 0 Å². The first-order chi connectivity index (χ1) is 15.6. The highest BCUT2D eigenvalue weighted by Gasteiger charge is 2.18. The van der Waals surface area contributed by atoms with Gasteiger partial charge in [-0.05, 0) is 37.3 Å². The van der Waals surface area contributed by atoms with Gasteiger partial charge in [0.1, 0.15) is 11.5 Å². The van der Waals surface area contributed by atoms with Crippen LogP contribution in [0.15, 0.2) is 55.0 Å². The van der Waals surface area contributed by atoms with Crippen LogP contribution in [-0.4, -0.2) is 30.1 Å². The molecule has 0 radical (unpaired) electrons. The van der Waals surface area contributed by atoms with Crippen molar-refractivity contribution in [2.45, 2.75) is 6.92 Å². The van der Waals surface area contributed by atoms with E-state index in [0.717, 1.165) is 21.3 Å². The highest BCUT2D eigenvalue weighted by Crippen LogP contribution is 2.35. The number of hydrogen-bond acceptors (Lipinski definition) is 6. The van der Waals surface area contributed by atoms with Gasteiger partial charge in [0.2, 0.25) is 0 Å². The highest BCUT2D eigenvalue weighted by molar-refractivity contribution is 7.15. The fraction of sp³-hybridized carbons (Fsp3) is 0.0435. The van der Waals surface area contributed by atoms with Gasteiger partial charge < -0.3 is 10.7 Å². The van der Waals surface area contributed by atoms with E-state index in [4.69, 9.17) is 5.73 Å². The van der Waals surface area contributed by atoms with Crippen LogP contribution in [0.1, 0.15) is 4.88 Å². The van der Waals surface area contributed by atoms with Gasteiger partial charge in [-0.25, -0.2) is 14.4 Å². The number of imidazole rings is 1. The van der Waals surface area contributed by atoms with Crippen molar-refractivity contribution in [1.29, 1.82) is 0 Å². The van der Waals surface area contributed by atoms with Crippen molar-refractivity contribution in [3.63, 3.8) is 0 Å². The lowest BCUT2D eigenvalue weighted by Gasteiger charge is -2.05. The second kappa shape index (κ2) is 6.96. The quantitative estimate of drug-likeness (QED) is 0.344. The van der Waals surface area contributed by atoms with E-state index >= 15 is 0 Å². The third-order valence-corrected chi connectivity index (χ3v) is 6.38. The summed E-state index contributed by atoms with van der Waals surface area (Å²) in [7, 11) is 0. The van der Waals surface area contributed by atoms with Gasteiger partial charge in [-0.3, -0.25) is 10.1 Å². The number of pyridine rings is 2. The molecule has 1 aromatic carbocycles. The average molecular weight is 441 g/mol. The van der Waals surface area contributed by atoms with Crippen molar-refractivity contribution in [1.82, 2.24) is 30.1 Å². The lowest BCUT2D eigenvalue weighted by molar-refractivity contribution is 0.633. The second-order valence-electron chi connectivity index (χ2n) is 7.51. The molecular weight excluding hydrogens is 425 g/mol. The first-order valence-electron chi connectivity index (χ1n) is 9.87. The fourth-order valence-corrected chi connectivity index (χ4v) is 4.75. The first kappa shape index (κ1) is 18.6. The topological polar surface area (TPSA) is 109 Å². The number of hydrogen-bond donors (Lipinski definition) is 3. The van der Waals surface area contributed by atoms with Crippen molar-refractivity contribution in [2.75, 3.05) is 5.73 Å². The van der Waals surface area contributed by atoms with Crippen LogP contribution in [0, 0.1) is 12.7 Å². The predicted octanol–water partition coefficient (Wildman–Crippen LogP) is 5.32. The summed E-state index contributed by atoms with van der Waals surface area (Å²) in [5, 5.41) is 8.05. The van der Waals surface area contributed by atoms with Crippen molar-refractivity contribution in [3.05, 3.63) is 65.7 Å². The van der Waals surface area contributed by atoms with Crippen LogP contribution in [-0.2, 0) is 0 Å². The Kier molecular flexibility index (Phi) is 4.05. The Labute approximate surface area is 185 Å². The molecule has 0 saturated heterocycles. The molecule has 0 spiro atoms. The maximum absolute atomic E-state index is 14.8. The monoisotopic (exact) mass is 441 g/mol. The van der Waals surface area contributed by atoms with Gasteiger partial charge >= 0.3 is 0 Å². The van der Waals surface area contributed by atoms with Crippen molar-refractivity contribution in [3.8, 4) is 33.1 Å². The fourth-order valence-electron chi connectivity index (χ4n) is 3.85. The summed E-state index contributed by atoms with van der Waals surface area (Å²) in [6.45, 7) is 2.08. The molecule has 0 bridgehead atoms. The number of rotatable bonds is 3. The lowest BCUT2D eigenvalue weighted by atomic mass is 10.0. The van der Waals surface area contributed by atoms with Crippen LogP contribution < -0.4 is 5.73 Å². The van der Waals surface area contributed by atoms with Gasteiger partial charge in [-0.2, -0.15) is 5.10 Å². The van der Waals surface area contributed by atoms with Gasteiger partial charge in [0.05, 0.1) is 16.7 Å². The SMILES string of the molecule is Cc1ccc(-c2ccnc3nc(-c4n[nH]c5cc(F)c(-c6cncc(N)c6)cc45)[nH]c23)s1. The molecule has 0 amide bonds. The second-order valence-corrected chi connectivity index (χ2v) is 8.80. The molecule has 0 saturated carbocycles. The smallest absolute Gasteiger partial charge is 0.178 e. The van der Waals surface area contributed by atoms with Crippen LogP contribution in [0.25, 0.3) is 55.2 Å². The van der Waals surface area contributed by atoms with Gasteiger partial charge in [-0.1, -0.05) is 0 Å². The molecule has 0 fully saturated rings. The number of aromatic nitrogens is 6. The Morgan fingerprint density at radius 3 is 2.78 bits per heavy atom. The molecule has 156 valence electrons. The summed E-state index contributed by atoms with van der Waals surface area (Å²) in [6, 6.07) is 11.0. The minimum atomic E-state index is -0.387. The van der Waals surface area contributed by atoms with Gasteiger partial charge in [0, 0.05) is 56.5 Å². The number of nitrogens with two attached hydrogens (primary N) is 1. The molecule has 0 atom stereocenters. The van der Waals surface area contributed by atoms with E-state index in [-0.39, 0.29) is 5.82 Å². The number of aromatic amines is 2. The maximum atomic E-state index is 14.8. The van der Waals surface area contributed by atoms with Crippen LogP contribution >= 0.6 is 11.3 Å². The molecule has 0 aliphatic carbocycles. The van der Waals surface area contributed by atoms with Crippen LogP contribution in [0.3, 0.4) is 0 Å². The molecule has 5 heterocycles. The number of fused-ring (bicyclic) bond motifs is 2. The summed E-state index contributed by atoms with van der Waals surface area (Å²) in [5.41, 5.74) is 10.9. The summed E-state index contributed by atoms with van der Waals surface area (Å²) >= 11 is 1.71. The number of nitrogens with one attached hydrogen (secondary N) is 2.